The highest BCUT2D eigenvalue weighted by molar-refractivity contribution is 6.30. The van der Waals surface area contributed by atoms with E-state index in [2.05, 4.69) is 5.32 Å². The predicted molar refractivity (Wildman–Crippen MR) is 60.9 cm³/mol. The van der Waals surface area contributed by atoms with Crippen molar-refractivity contribution in [3.8, 4) is 0 Å². The monoisotopic (exact) mass is 227 g/mol. The van der Waals surface area contributed by atoms with Crippen LogP contribution in [0.2, 0.25) is 5.02 Å². The average molecular weight is 228 g/mol. The summed E-state index contributed by atoms with van der Waals surface area (Å²) in [6.45, 7) is 2.08. The van der Waals surface area contributed by atoms with E-state index in [9.17, 15) is 4.39 Å². The molecular weight excluding hydrogens is 213 g/mol. The molecule has 15 heavy (non-hydrogen) atoms. The van der Waals surface area contributed by atoms with Crippen molar-refractivity contribution in [2.75, 3.05) is 6.54 Å². The smallest absolute Gasteiger partial charge is 0.120 e. The first-order chi connectivity index (χ1) is 7.07. The molecule has 0 spiro atoms. The van der Waals surface area contributed by atoms with Gasteiger partial charge in [0.1, 0.15) is 5.67 Å². The predicted octanol–water partition coefficient (Wildman–Crippen LogP) is 3.49. The first kappa shape index (κ1) is 10.9. The zero-order valence-electron chi connectivity index (χ0n) is 8.76. The highest BCUT2D eigenvalue weighted by Crippen LogP contribution is 2.30. The summed E-state index contributed by atoms with van der Waals surface area (Å²) in [7, 11) is 0. The van der Waals surface area contributed by atoms with Crippen molar-refractivity contribution in [2.45, 2.75) is 31.5 Å². The molecule has 0 saturated carbocycles. The zero-order chi connectivity index (χ0) is 10.9. The van der Waals surface area contributed by atoms with Crippen molar-refractivity contribution < 1.29 is 4.39 Å². The van der Waals surface area contributed by atoms with Gasteiger partial charge in [0.05, 0.1) is 0 Å². The minimum atomic E-state index is -1.05. The summed E-state index contributed by atoms with van der Waals surface area (Å²) in [6.07, 6.45) is 1.46. The normalized spacial score (nSPS) is 31.5. The fourth-order valence-electron chi connectivity index (χ4n) is 1.95. The van der Waals surface area contributed by atoms with Crippen LogP contribution in [-0.2, 0) is 0 Å². The summed E-state index contributed by atoms with van der Waals surface area (Å²) in [5.41, 5.74) is 0.137. The van der Waals surface area contributed by atoms with E-state index in [4.69, 9.17) is 11.6 Å². The number of nitrogens with one attached hydrogen (secondary N) is 1. The fraction of sp³-hybridized carbons (Fsp3) is 0.500. The molecule has 1 aromatic carbocycles. The van der Waals surface area contributed by atoms with Crippen LogP contribution in [0.3, 0.4) is 0 Å². The SMILES string of the molecule is CC1(F)CCC(c2ccc(Cl)cc2)NC1. The van der Waals surface area contributed by atoms with Gasteiger partial charge in [-0.2, -0.15) is 0 Å². The number of alkyl halides is 1. The lowest BCUT2D eigenvalue weighted by Gasteiger charge is -2.32. The van der Waals surface area contributed by atoms with Gasteiger partial charge in [0.15, 0.2) is 0 Å². The van der Waals surface area contributed by atoms with Crippen LogP contribution in [0.4, 0.5) is 4.39 Å². The number of benzene rings is 1. The van der Waals surface area contributed by atoms with Gasteiger partial charge in [0, 0.05) is 17.6 Å². The minimum absolute atomic E-state index is 0.270. The Bertz CT molecular complexity index is 324. The molecule has 1 saturated heterocycles. The van der Waals surface area contributed by atoms with Crippen molar-refractivity contribution in [2.24, 2.45) is 0 Å². The second kappa shape index (κ2) is 4.11. The summed E-state index contributed by atoms with van der Waals surface area (Å²) in [6, 6.07) is 8.02. The van der Waals surface area contributed by atoms with E-state index in [1.54, 1.807) is 6.92 Å². The van der Waals surface area contributed by atoms with Gasteiger partial charge in [0.2, 0.25) is 0 Å². The zero-order valence-corrected chi connectivity index (χ0v) is 9.52. The summed E-state index contributed by atoms with van der Waals surface area (Å²) in [5.74, 6) is 0. The van der Waals surface area contributed by atoms with E-state index in [1.807, 2.05) is 24.3 Å². The van der Waals surface area contributed by atoms with Crippen molar-refractivity contribution in [1.29, 1.82) is 0 Å². The lowest BCUT2D eigenvalue weighted by Crippen LogP contribution is -2.41. The van der Waals surface area contributed by atoms with Crippen LogP contribution in [0.15, 0.2) is 24.3 Å². The van der Waals surface area contributed by atoms with Crippen LogP contribution in [0.1, 0.15) is 31.4 Å². The van der Waals surface area contributed by atoms with Gasteiger partial charge < -0.3 is 5.32 Å². The Balaban J connectivity index is 2.04. The Labute approximate surface area is 94.6 Å². The summed E-state index contributed by atoms with van der Waals surface area (Å²) in [4.78, 5) is 0. The third-order valence-electron chi connectivity index (χ3n) is 2.94. The third-order valence-corrected chi connectivity index (χ3v) is 3.20. The number of halogens is 2. The van der Waals surface area contributed by atoms with Crippen molar-refractivity contribution >= 4 is 11.6 Å². The largest absolute Gasteiger partial charge is 0.307 e. The Hall–Kier alpha value is -0.600. The second-order valence-electron chi connectivity index (χ2n) is 4.44. The molecule has 1 aromatic rings. The lowest BCUT2D eigenvalue weighted by atomic mass is 9.90. The quantitative estimate of drug-likeness (QED) is 0.775. The van der Waals surface area contributed by atoms with E-state index < -0.39 is 5.67 Å². The van der Waals surface area contributed by atoms with Gasteiger partial charge in [-0.25, -0.2) is 4.39 Å². The molecule has 1 N–H and O–H groups in total. The van der Waals surface area contributed by atoms with Gasteiger partial charge in [-0.15, -0.1) is 0 Å². The first-order valence-electron chi connectivity index (χ1n) is 5.25. The van der Waals surface area contributed by atoms with Crippen LogP contribution in [-0.4, -0.2) is 12.2 Å². The van der Waals surface area contributed by atoms with E-state index >= 15 is 0 Å². The van der Waals surface area contributed by atoms with Gasteiger partial charge in [-0.05, 0) is 37.5 Å². The maximum Gasteiger partial charge on any atom is 0.120 e. The van der Waals surface area contributed by atoms with Gasteiger partial charge in [0.25, 0.3) is 0 Å². The maximum atomic E-state index is 13.5. The molecule has 1 nitrogen and oxygen atoms in total. The molecule has 2 rings (SSSR count). The average Bonchev–Trinajstić information content (AvgIpc) is 2.20. The van der Waals surface area contributed by atoms with Gasteiger partial charge in [-0.1, -0.05) is 23.7 Å². The maximum absolute atomic E-state index is 13.5. The van der Waals surface area contributed by atoms with Crippen molar-refractivity contribution in [1.82, 2.24) is 5.32 Å². The van der Waals surface area contributed by atoms with E-state index in [0.29, 0.717) is 13.0 Å². The summed E-state index contributed by atoms with van der Waals surface area (Å²) >= 11 is 5.82. The Morgan fingerprint density at radius 3 is 2.60 bits per heavy atom. The molecule has 1 fully saturated rings. The molecule has 1 aliphatic heterocycles. The van der Waals surface area contributed by atoms with Crippen LogP contribution in [0.25, 0.3) is 0 Å². The molecule has 3 heteroatoms. The molecule has 0 bridgehead atoms. The molecule has 0 aromatic heterocycles. The van der Waals surface area contributed by atoms with E-state index in [1.165, 1.54) is 5.56 Å². The Kier molecular flexibility index (Phi) is 2.98. The molecule has 0 aliphatic carbocycles. The molecular formula is C12H15ClFN. The second-order valence-corrected chi connectivity index (χ2v) is 4.87. The summed E-state index contributed by atoms with van der Waals surface area (Å²) < 4.78 is 13.5. The molecule has 1 aliphatic rings. The van der Waals surface area contributed by atoms with Crippen LogP contribution < -0.4 is 5.32 Å². The van der Waals surface area contributed by atoms with Crippen LogP contribution in [0.5, 0.6) is 0 Å². The molecule has 1 heterocycles. The van der Waals surface area contributed by atoms with Crippen molar-refractivity contribution in [3.05, 3.63) is 34.9 Å². The molecule has 0 amide bonds. The van der Waals surface area contributed by atoms with E-state index in [-0.39, 0.29) is 6.04 Å². The standard InChI is InChI=1S/C12H15ClFN/c1-12(14)7-6-11(15-8-12)9-2-4-10(13)5-3-9/h2-5,11,15H,6-8H2,1H3. The number of hydrogen-bond acceptors (Lipinski definition) is 1. The number of piperidine rings is 1. The highest BCUT2D eigenvalue weighted by Gasteiger charge is 2.30. The highest BCUT2D eigenvalue weighted by atomic mass is 35.5. The number of rotatable bonds is 1. The molecule has 2 atom stereocenters. The minimum Gasteiger partial charge on any atom is -0.307 e. The van der Waals surface area contributed by atoms with Gasteiger partial charge in [-0.3, -0.25) is 0 Å². The van der Waals surface area contributed by atoms with Crippen LogP contribution in [0, 0.1) is 0 Å². The third kappa shape index (κ3) is 2.70. The van der Waals surface area contributed by atoms with Crippen molar-refractivity contribution in [3.63, 3.8) is 0 Å². The topological polar surface area (TPSA) is 12.0 Å². The Morgan fingerprint density at radius 2 is 2.07 bits per heavy atom. The molecule has 82 valence electrons. The van der Waals surface area contributed by atoms with Crippen LogP contribution >= 0.6 is 11.6 Å². The fourth-order valence-corrected chi connectivity index (χ4v) is 2.08. The Morgan fingerprint density at radius 1 is 1.40 bits per heavy atom. The van der Waals surface area contributed by atoms with Gasteiger partial charge >= 0.3 is 0 Å². The van der Waals surface area contributed by atoms with E-state index in [0.717, 1.165) is 11.4 Å². The lowest BCUT2D eigenvalue weighted by molar-refractivity contribution is 0.125. The first-order valence-corrected chi connectivity index (χ1v) is 5.62. The molecule has 0 radical (unpaired) electrons. The summed E-state index contributed by atoms with van der Waals surface area (Å²) in [5, 5.41) is 3.97. The molecule has 2 unspecified atom stereocenters. The number of hydrogen-bond donors (Lipinski definition) is 1.